The van der Waals surface area contributed by atoms with E-state index in [0.29, 0.717) is 11.0 Å². The van der Waals surface area contributed by atoms with E-state index in [4.69, 9.17) is 4.42 Å². The first-order valence-corrected chi connectivity index (χ1v) is 9.57. The quantitative estimate of drug-likeness (QED) is 0.496. The average Bonchev–Trinajstić information content (AvgIpc) is 3.05. The highest BCUT2D eigenvalue weighted by molar-refractivity contribution is 9.10. The number of thioether (sulfide) groups is 1. The molecule has 0 fully saturated rings. The predicted molar refractivity (Wildman–Crippen MR) is 103 cm³/mol. The number of benzene rings is 2. The molecule has 1 heterocycles. The monoisotopic (exact) mass is 466 g/mol. The van der Waals surface area contributed by atoms with Crippen molar-refractivity contribution in [3.8, 4) is 11.3 Å². The van der Waals surface area contributed by atoms with Crippen molar-refractivity contribution in [2.75, 3.05) is 11.1 Å². The van der Waals surface area contributed by atoms with Crippen LogP contribution in [-0.4, -0.2) is 16.6 Å². The molecule has 7 heteroatoms. The van der Waals surface area contributed by atoms with Crippen LogP contribution in [0.1, 0.15) is 0 Å². The minimum absolute atomic E-state index is 0.106. The van der Waals surface area contributed by atoms with Crippen molar-refractivity contribution in [1.82, 2.24) is 4.98 Å². The van der Waals surface area contributed by atoms with Gasteiger partial charge in [0.25, 0.3) is 5.22 Å². The number of hydrogen-bond donors (Lipinski definition) is 1. The molecule has 1 aromatic heterocycles. The van der Waals surface area contributed by atoms with E-state index >= 15 is 0 Å². The molecular formula is C17H12Br2N2O2S. The van der Waals surface area contributed by atoms with E-state index in [1.165, 1.54) is 11.8 Å². The minimum atomic E-state index is -0.106. The third kappa shape index (κ3) is 4.72. The van der Waals surface area contributed by atoms with Crippen LogP contribution in [0.2, 0.25) is 0 Å². The fraction of sp³-hybridized carbons (Fsp3) is 0.0588. The zero-order chi connectivity index (χ0) is 16.9. The van der Waals surface area contributed by atoms with Crippen molar-refractivity contribution < 1.29 is 9.21 Å². The van der Waals surface area contributed by atoms with Gasteiger partial charge in [0.15, 0.2) is 5.76 Å². The molecule has 4 nitrogen and oxygen atoms in total. The Kier molecular flexibility index (Phi) is 5.76. The Bertz CT molecular complexity index is 833. The minimum Gasteiger partial charge on any atom is -0.431 e. The van der Waals surface area contributed by atoms with Gasteiger partial charge in [0.2, 0.25) is 5.91 Å². The smallest absolute Gasteiger partial charge is 0.256 e. The largest absolute Gasteiger partial charge is 0.431 e. The number of aromatic nitrogens is 1. The first-order valence-electron chi connectivity index (χ1n) is 7.00. The Morgan fingerprint density at radius 1 is 1.04 bits per heavy atom. The highest BCUT2D eigenvalue weighted by atomic mass is 79.9. The normalized spacial score (nSPS) is 10.6. The first kappa shape index (κ1) is 17.3. The second-order valence-corrected chi connectivity index (χ2v) is 7.60. The summed E-state index contributed by atoms with van der Waals surface area (Å²) in [5.41, 5.74) is 1.70. The van der Waals surface area contributed by atoms with Crippen molar-refractivity contribution >= 4 is 55.2 Å². The van der Waals surface area contributed by atoms with E-state index < -0.39 is 0 Å². The van der Waals surface area contributed by atoms with Crippen LogP contribution in [0.15, 0.2) is 73.3 Å². The van der Waals surface area contributed by atoms with E-state index in [1.807, 2.05) is 48.5 Å². The summed E-state index contributed by atoms with van der Waals surface area (Å²) in [7, 11) is 0. The lowest BCUT2D eigenvalue weighted by Crippen LogP contribution is -2.13. The van der Waals surface area contributed by atoms with Crippen LogP contribution in [0.4, 0.5) is 5.69 Å². The van der Waals surface area contributed by atoms with Gasteiger partial charge >= 0.3 is 0 Å². The highest BCUT2D eigenvalue weighted by Gasteiger charge is 2.10. The fourth-order valence-corrected chi connectivity index (χ4v) is 3.06. The summed E-state index contributed by atoms with van der Waals surface area (Å²) < 4.78 is 7.65. The third-order valence-corrected chi connectivity index (χ3v) is 4.97. The van der Waals surface area contributed by atoms with Gasteiger partial charge in [-0.2, -0.15) is 0 Å². The van der Waals surface area contributed by atoms with Crippen molar-refractivity contribution in [2.24, 2.45) is 0 Å². The third-order valence-electron chi connectivity index (χ3n) is 3.07. The molecule has 2 aromatic carbocycles. The zero-order valence-electron chi connectivity index (χ0n) is 12.3. The molecule has 24 heavy (non-hydrogen) atoms. The summed E-state index contributed by atoms with van der Waals surface area (Å²) in [6.45, 7) is 0. The SMILES string of the molecule is O=C(CSc1ncc(-c2ccc(Br)cc2)o1)Nc1ccc(Br)cc1. The molecule has 0 aliphatic heterocycles. The van der Waals surface area contributed by atoms with E-state index in [-0.39, 0.29) is 11.7 Å². The Hall–Kier alpha value is -1.57. The number of hydrogen-bond acceptors (Lipinski definition) is 4. The van der Waals surface area contributed by atoms with Crippen LogP contribution in [0, 0.1) is 0 Å². The van der Waals surface area contributed by atoms with Gasteiger partial charge in [-0.25, -0.2) is 4.98 Å². The number of nitrogens with one attached hydrogen (secondary N) is 1. The highest BCUT2D eigenvalue weighted by Crippen LogP contribution is 2.26. The summed E-state index contributed by atoms with van der Waals surface area (Å²) >= 11 is 8.02. The summed E-state index contributed by atoms with van der Waals surface area (Å²) in [5.74, 6) is 0.806. The molecule has 0 aliphatic carbocycles. The summed E-state index contributed by atoms with van der Waals surface area (Å²) in [5, 5.41) is 3.30. The summed E-state index contributed by atoms with van der Waals surface area (Å²) in [6.07, 6.45) is 1.66. The molecule has 0 atom stereocenters. The van der Waals surface area contributed by atoms with Crippen LogP contribution >= 0.6 is 43.6 Å². The lowest BCUT2D eigenvalue weighted by atomic mass is 10.2. The van der Waals surface area contributed by atoms with E-state index in [0.717, 1.165) is 20.2 Å². The predicted octanol–water partition coefficient (Wildman–Crippen LogP) is 5.60. The maximum atomic E-state index is 12.0. The molecule has 0 saturated heterocycles. The summed E-state index contributed by atoms with van der Waals surface area (Å²) in [6, 6.07) is 15.2. The topological polar surface area (TPSA) is 55.1 Å². The molecule has 3 aromatic rings. The number of nitrogens with zero attached hydrogens (tertiary/aromatic N) is 1. The maximum Gasteiger partial charge on any atom is 0.256 e. The molecule has 0 aliphatic rings. The molecule has 0 unspecified atom stereocenters. The van der Waals surface area contributed by atoms with Crippen molar-refractivity contribution in [3.05, 3.63) is 63.7 Å². The molecule has 0 bridgehead atoms. The van der Waals surface area contributed by atoms with Crippen LogP contribution in [0.5, 0.6) is 0 Å². The fourth-order valence-electron chi connectivity index (χ4n) is 1.93. The van der Waals surface area contributed by atoms with Crippen LogP contribution in [-0.2, 0) is 4.79 Å². The maximum absolute atomic E-state index is 12.0. The molecule has 122 valence electrons. The Morgan fingerprint density at radius 3 is 2.33 bits per heavy atom. The lowest BCUT2D eigenvalue weighted by Gasteiger charge is -2.03. The first-order chi connectivity index (χ1) is 11.6. The molecule has 1 amide bonds. The van der Waals surface area contributed by atoms with Gasteiger partial charge in [-0.3, -0.25) is 4.79 Å². The van der Waals surface area contributed by atoms with Crippen LogP contribution < -0.4 is 5.32 Å². The molecule has 3 rings (SSSR count). The van der Waals surface area contributed by atoms with E-state index in [2.05, 4.69) is 42.2 Å². The number of halogens is 2. The number of carbonyl (C=O) groups excluding carboxylic acids is 1. The zero-order valence-corrected chi connectivity index (χ0v) is 16.3. The second-order valence-electron chi connectivity index (χ2n) is 4.84. The number of rotatable bonds is 5. The van der Waals surface area contributed by atoms with Crippen LogP contribution in [0.25, 0.3) is 11.3 Å². The molecular weight excluding hydrogens is 456 g/mol. The molecule has 0 saturated carbocycles. The van der Waals surface area contributed by atoms with Gasteiger partial charge in [-0.05, 0) is 36.4 Å². The van der Waals surface area contributed by atoms with E-state index in [1.54, 1.807) is 6.20 Å². The van der Waals surface area contributed by atoms with Crippen molar-refractivity contribution in [1.29, 1.82) is 0 Å². The average molecular weight is 468 g/mol. The van der Waals surface area contributed by atoms with Crippen LogP contribution in [0.3, 0.4) is 0 Å². The van der Waals surface area contributed by atoms with Crippen molar-refractivity contribution in [3.63, 3.8) is 0 Å². The van der Waals surface area contributed by atoms with Gasteiger partial charge in [0.05, 0.1) is 11.9 Å². The van der Waals surface area contributed by atoms with Gasteiger partial charge in [-0.15, -0.1) is 0 Å². The Balaban J connectivity index is 1.56. The van der Waals surface area contributed by atoms with Gasteiger partial charge < -0.3 is 9.73 Å². The van der Waals surface area contributed by atoms with Gasteiger partial charge in [-0.1, -0.05) is 55.8 Å². The Labute approximate surface area is 160 Å². The standard InChI is InChI=1S/C17H12Br2N2O2S/c18-12-3-1-11(2-4-12)15-9-20-17(23-15)24-10-16(22)21-14-7-5-13(19)6-8-14/h1-9H,10H2,(H,21,22). The molecule has 0 radical (unpaired) electrons. The lowest BCUT2D eigenvalue weighted by molar-refractivity contribution is -0.113. The Morgan fingerprint density at radius 2 is 1.67 bits per heavy atom. The molecule has 1 N–H and O–H groups in total. The van der Waals surface area contributed by atoms with E-state index in [9.17, 15) is 4.79 Å². The number of amides is 1. The van der Waals surface area contributed by atoms with Gasteiger partial charge in [0.1, 0.15) is 0 Å². The van der Waals surface area contributed by atoms with Crippen molar-refractivity contribution in [2.45, 2.75) is 5.22 Å². The number of carbonyl (C=O) groups is 1. The number of anilines is 1. The second kappa shape index (κ2) is 8.00. The summed E-state index contributed by atoms with van der Waals surface area (Å²) in [4.78, 5) is 16.2. The molecule has 0 spiro atoms. The van der Waals surface area contributed by atoms with Gasteiger partial charge in [0, 0.05) is 20.2 Å². The number of oxazole rings is 1.